The van der Waals surface area contributed by atoms with Gasteiger partial charge in [-0.2, -0.15) is 0 Å². The van der Waals surface area contributed by atoms with E-state index >= 15 is 0 Å². The molecule has 1 aliphatic heterocycles. The lowest BCUT2D eigenvalue weighted by atomic mass is 9.92. The highest BCUT2D eigenvalue weighted by atomic mass is 16.5. The summed E-state index contributed by atoms with van der Waals surface area (Å²) in [4.78, 5) is 10.9. The monoisotopic (exact) mass is 171 g/mol. The number of aliphatic hydroxyl groups is 2. The van der Waals surface area contributed by atoms with Crippen LogP contribution in [-0.4, -0.2) is 22.4 Å². The molecule has 1 rings (SSSR count). The van der Waals surface area contributed by atoms with Crippen LogP contribution in [-0.2, 0) is 4.79 Å². The van der Waals surface area contributed by atoms with Crippen LogP contribution in [0.25, 0.3) is 0 Å². The van der Waals surface area contributed by atoms with Crippen molar-refractivity contribution in [1.29, 1.82) is 0 Å². The van der Waals surface area contributed by atoms with E-state index in [0.717, 1.165) is 0 Å². The maximum Gasteiger partial charge on any atom is 0.224 e. The molecule has 1 aliphatic rings. The lowest BCUT2D eigenvalue weighted by Crippen LogP contribution is -2.34. The molecule has 0 aromatic heterocycles. The summed E-state index contributed by atoms with van der Waals surface area (Å²) in [5, 5.41) is 20.5. The lowest BCUT2D eigenvalue weighted by Gasteiger charge is -2.25. The summed E-state index contributed by atoms with van der Waals surface area (Å²) in [6, 6.07) is 0. The van der Waals surface area contributed by atoms with Crippen LogP contribution in [0.2, 0.25) is 0 Å². The summed E-state index contributed by atoms with van der Waals surface area (Å²) < 4.78 is 0. The van der Waals surface area contributed by atoms with Crippen LogP contribution in [0.3, 0.4) is 0 Å². The molecule has 0 fully saturated rings. The third-order valence-corrected chi connectivity index (χ3v) is 2.06. The van der Waals surface area contributed by atoms with Gasteiger partial charge in [-0.25, -0.2) is 0 Å². The Kier molecular flexibility index (Phi) is 2.49. The highest BCUT2D eigenvalue weighted by molar-refractivity contribution is 5.80. The summed E-state index contributed by atoms with van der Waals surface area (Å²) in [5.41, 5.74) is 1.07. The number of allylic oxidation sites excluding steroid dienone is 1. The first-order chi connectivity index (χ1) is 5.52. The van der Waals surface area contributed by atoms with Gasteiger partial charge in [-0.15, -0.1) is 0 Å². The van der Waals surface area contributed by atoms with Gasteiger partial charge in [0.15, 0.2) is 6.29 Å². The highest BCUT2D eigenvalue weighted by Crippen LogP contribution is 2.23. The Hall–Kier alpha value is -0.870. The van der Waals surface area contributed by atoms with Gasteiger partial charge in [-0.3, -0.25) is 4.79 Å². The first-order valence-corrected chi connectivity index (χ1v) is 3.89. The SMILES string of the molecule is CC1=C(C(O)O)C(C)CC(=O)N1. The smallest absolute Gasteiger partial charge is 0.224 e. The highest BCUT2D eigenvalue weighted by Gasteiger charge is 2.25. The van der Waals surface area contributed by atoms with E-state index in [9.17, 15) is 4.79 Å². The second-order valence-electron chi connectivity index (χ2n) is 3.11. The fourth-order valence-electron chi connectivity index (χ4n) is 1.54. The van der Waals surface area contributed by atoms with Crippen molar-refractivity contribution in [2.75, 3.05) is 0 Å². The van der Waals surface area contributed by atoms with Crippen molar-refractivity contribution < 1.29 is 15.0 Å². The lowest BCUT2D eigenvalue weighted by molar-refractivity contribution is -0.122. The van der Waals surface area contributed by atoms with Crippen LogP contribution in [0.4, 0.5) is 0 Å². The fourth-order valence-corrected chi connectivity index (χ4v) is 1.54. The summed E-state index contributed by atoms with van der Waals surface area (Å²) in [6.45, 7) is 3.47. The summed E-state index contributed by atoms with van der Waals surface area (Å²) in [6.07, 6.45) is -1.13. The second-order valence-corrected chi connectivity index (χ2v) is 3.11. The molecule has 4 nitrogen and oxygen atoms in total. The molecule has 0 saturated heterocycles. The van der Waals surface area contributed by atoms with E-state index in [1.807, 2.05) is 0 Å². The number of carbonyl (C=O) groups excluding carboxylic acids is 1. The Morgan fingerprint density at radius 1 is 1.58 bits per heavy atom. The number of hydrogen-bond donors (Lipinski definition) is 3. The normalized spacial score (nSPS) is 24.8. The third kappa shape index (κ3) is 1.65. The minimum absolute atomic E-state index is 0.0654. The number of hydrogen-bond acceptors (Lipinski definition) is 3. The first kappa shape index (κ1) is 9.22. The average Bonchev–Trinajstić information content (AvgIpc) is 1.82. The van der Waals surface area contributed by atoms with Crippen molar-refractivity contribution in [2.45, 2.75) is 26.6 Å². The fraction of sp³-hybridized carbons (Fsp3) is 0.625. The van der Waals surface area contributed by atoms with E-state index in [2.05, 4.69) is 5.32 Å². The molecule has 1 atom stereocenters. The van der Waals surface area contributed by atoms with Gasteiger partial charge >= 0.3 is 0 Å². The van der Waals surface area contributed by atoms with Crippen LogP contribution < -0.4 is 5.32 Å². The molecule has 4 heteroatoms. The zero-order valence-corrected chi connectivity index (χ0v) is 7.16. The van der Waals surface area contributed by atoms with Gasteiger partial charge in [0, 0.05) is 17.7 Å². The van der Waals surface area contributed by atoms with Gasteiger partial charge in [-0.05, 0) is 12.8 Å². The molecule has 0 aliphatic carbocycles. The van der Waals surface area contributed by atoms with Crippen molar-refractivity contribution in [1.82, 2.24) is 5.32 Å². The molecule has 0 spiro atoms. The van der Waals surface area contributed by atoms with Gasteiger partial charge in [0.1, 0.15) is 0 Å². The van der Waals surface area contributed by atoms with Gasteiger partial charge in [0.05, 0.1) is 0 Å². The number of aliphatic hydroxyl groups excluding tert-OH is 1. The molecular formula is C8H13NO3. The molecule has 1 heterocycles. The topological polar surface area (TPSA) is 69.6 Å². The predicted molar refractivity (Wildman–Crippen MR) is 42.8 cm³/mol. The Morgan fingerprint density at radius 2 is 2.17 bits per heavy atom. The molecule has 1 unspecified atom stereocenters. The number of rotatable bonds is 1. The molecule has 12 heavy (non-hydrogen) atoms. The molecule has 1 amide bonds. The minimum atomic E-state index is -1.46. The van der Waals surface area contributed by atoms with E-state index in [-0.39, 0.29) is 11.8 Å². The van der Waals surface area contributed by atoms with Crippen molar-refractivity contribution in [3.05, 3.63) is 11.3 Å². The molecule has 0 aromatic rings. The molecular weight excluding hydrogens is 158 g/mol. The Labute approximate surface area is 70.9 Å². The van der Waals surface area contributed by atoms with Gasteiger partial charge < -0.3 is 15.5 Å². The molecule has 68 valence electrons. The molecule has 0 radical (unpaired) electrons. The summed E-state index contributed by atoms with van der Waals surface area (Å²) >= 11 is 0. The quantitative estimate of drug-likeness (QED) is 0.475. The average molecular weight is 171 g/mol. The van der Waals surface area contributed by atoms with Crippen LogP contribution in [0.1, 0.15) is 20.3 Å². The molecule has 0 saturated carbocycles. The largest absolute Gasteiger partial charge is 0.365 e. The van der Waals surface area contributed by atoms with E-state index < -0.39 is 6.29 Å². The number of nitrogens with one attached hydrogen (secondary N) is 1. The first-order valence-electron chi connectivity index (χ1n) is 3.89. The van der Waals surface area contributed by atoms with Crippen LogP contribution in [0.15, 0.2) is 11.3 Å². The van der Waals surface area contributed by atoms with E-state index in [4.69, 9.17) is 10.2 Å². The van der Waals surface area contributed by atoms with Crippen molar-refractivity contribution in [2.24, 2.45) is 5.92 Å². The predicted octanol–water partition coefficient (Wildman–Crippen LogP) is -0.273. The van der Waals surface area contributed by atoms with E-state index in [0.29, 0.717) is 17.7 Å². The van der Waals surface area contributed by atoms with Crippen molar-refractivity contribution in [3.8, 4) is 0 Å². The van der Waals surface area contributed by atoms with Gasteiger partial charge in [-0.1, -0.05) is 6.92 Å². The molecule has 0 aromatic carbocycles. The molecule has 0 bridgehead atoms. The number of carbonyl (C=O) groups is 1. The maximum absolute atomic E-state index is 10.9. The van der Waals surface area contributed by atoms with Crippen LogP contribution in [0.5, 0.6) is 0 Å². The Bertz CT molecular complexity index is 232. The minimum Gasteiger partial charge on any atom is -0.365 e. The van der Waals surface area contributed by atoms with E-state index in [1.54, 1.807) is 13.8 Å². The summed E-state index contributed by atoms with van der Waals surface area (Å²) in [7, 11) is 0. The van der Waals surface area contributed by atoms with Gasteiger partial charge in [0.25, 0.3) is 0 Å². The van der Waals surface area contributed by atoms with Crippen molar-refractivity contribution >= 4 is 5.91 Å². The third-order valence-electron chi connectivity index (χ3n) is 2.06. The Morgan fingerprint density at radius 3 is 2.58 bits per heavy atom. The van der Waals surface area contributed by atoms with Gasteiger partial charge in [0.2, 0.25) is 5.91 Å². The summed E-state index contributed by atoms with van der Waals surface area (Å²) in [5.74, 6) is -0.150. The maximum atomic E-state index is 10.9. The zero-order valence-electron chi connectivity index (χ0n) is 7.16. The van der Waals surface area contributed by atoms with Crippen LogP contribution >= 0.6 is 0 Å². The zero-order chi connectivity index (χ0) is 9.30. The second kappa shape index (κ2) is 3.25. The number of amides is 1. The van der Waals surface area contributed by atoms with E-state index in [1.165, 1.54) is 0 Å². The Balaban J connectivity index is 2.93. The van der Waals surface area contributed by atoms with Crippen molar-refractivity contribution in [3.63, 3.8) is 0 Å². The van der Waals surface area contributed by atoms with Crippen LogP contribution in [0, 0.1) is 5.92 Å². The molecule has 3 N–H and O–H groups in total. The standard InChI is InChI=1S/C8H13NO3/c1-4-3-6(10)9-5(2)7(4)8(11)12/h4,8,11-12H,3H2,1-2H3,(H,9,10).